The van der Waals surface area contributed by atoms with Crippen molar-refractivity contribution in [2.24, 2.45) is 5.92 Å². The Hall–Kier alpha value is -1.09. The quantitative estimate of drug-likeness (QED) is 0.879. The van der Waals surface area contributed by atoms with Gasteiger partial charge in [-0.2, -0.15) is 0 Å². The second kappa shape index (κ2) is 4.20. The number of fused-ring (bicyclic) bond motifs is 1. The number of piperidine rings is 2. The molecule has 1 aliphatic carbocycles. The molecule has 1 N–H and O–H groups in total. The Morgan fingerprint density at radius 1 is 1.21 bits per heavy atom. The van der Waals surface area contributed by atoms with Gasteiger partial charge < -0.3 is 10.2 Å². The van der Waals surface area contributed by atoms with Gasteiger partial charge in [-0.3, -0.25) is 0 Å². The second-order valence-corrected chi connectivity index (χ2v) is 6.40. The zero-order valence-corrected chi connectivity index (χ0v) is 11.3. The molecule has 1 aromatic rings. The lowest BCUT2D eigenvalue weighted by Crippen LogP contribution is -2.30. The van der Waals surface area contributed by atoms with Crippen molar-refractivity contribution in [2.45, 2.75) is 31.1 Å². The van der Waals surface area contributed by atoms with Crippen molar-refractivity contribution in [1.82, 2.24) is 5.32 Å². The molecule has 2 saturated heterocycles. The lowest BCUT2D eigenvalue weighted by atomic mass is 9.94. The van der Waals surface area contributed by atoms with Gasteiger partial charge in [-0.1, -0.05) is 6.07 Å². The summed E-state index contributed by atoms with van der Waals surface area (Å²) in [7, 11) is 0. The number of rotatable bonds is 2. The van der Waals surface area contributed by atoms with Crippen LogP contribution in [0, 0.1) is 11.7 Å². The van der Waals surface area contributed by atoms with E-state index < -0.39 is 0 Å². The van der Waals surface area contributed by atoms with Gasteiger partial charge >= 0.3 is 0 Å². The molecule has 1 aromatic carbocycles. The summed E-state index contributed by atoms with van der Waals surface area (Å²) >= 11 is 0. The Balaban J connectivity index is 1.61. The van der Waals surface area contributed by atoms with Gasteiger partial charge in [0.25, 0.3) is 0 Å². The first-order valence-electron chi connectivity index (χ1n) is 7.55. The molecule has 0 radical (unpaired) electrons. The van der Waals surface area contributed by atoms with Crippen molar-refractivity contribution in [1.29, 1.82) is 0 Å². The monoisotopic (exact) mass is 260 g/mol. The third-order valence-corrected chi connectivity index (χ3v) is 5.28. The van der Waals surface area contributed by atoms with E-state index in [0.29, 0.717) is 0 Å². The summed E-state index contributed by atoms with van der Waals surface area (Å²) in [5.74, 6) is 0.721. The molecule has 3 fully saturated rings. The molecule has 2 nitrogen and oxygen atoms in total. The molecule has 19 heavy (non-hydrogen) atoms. The fraction of sp³-hybridized carbons (Fsp3) is 0.625. The van der Waals surface area contributed by atoms with Crippen molar-refractivity contribution in [2.75, 3.05) is 31.1 Å². The molecule has 2 aliphatic heterocycles. The fourth-order valence-corrected chi connectivity index (χ4v) is 4.00. The Bertz CT molecular complexity index is 496. The van der Waals surface area contributed by atoms with Gasteiger partial charge in [0.15, 0.2) is 0 Å². The van der Waals surface area contributed by atoms with Crippen LogP contribution in [0.15, 0.2) is 18.2 Å². The number of hydrogen-bond donors (Lipinski definition) is 1. The van der Waals surface area contributed by atoms with E-state index in [1.807, 2.05) is 6.07 Å². The lowest BCUT2D eigenvalue weighted by molar-refractivity contribution is 0.554. The minimum atomic E-state index is -0.0219. The Kier molecular flexibility index (Phi) is 2.59. The van der Waals surface area contributed by atoms with E-state index in [1.165, 1.54) is 31.2 Å². The highest BCUT2D eigenvalue weighted by Gasteiger charge is 2.58. The Morgan fingerprint density at radius 3 is 2.68 bits per heavy atom. The van der Waals surface area contributed by atoms with E-state index in [2.05, 4.69) is 16.3 Å². The van der Waals surface area contributed by atoms with Crippen molar-refractivity contribution in [3.63, 3.8) is 0 Å². The van der Waals surface area contributed by atoms with Gasteiger partial charge in [0.1, 0.15) is 5.82 Å². The summed E-state index contributed by atoms with van der Waals surface area (Å²) in [5.41, 5.74) is 2.28. The standard InChI is InChI=1S/C16H21FN2/c17-14-8-12(16-9-13(16)10-18-11-16)4-5-15(14)19-6-2-1-3-7-19/h4-5,8,13,18H,1-3,6-7,9-11H2. The fourth-order valence-electron chi connectivity index (χ4n) is 4.00. The van der Waals surface area contributed by atoms with Crippen LogP contribution in [-0.4, -0.2) is 26.2 Å². The topological polar surface area (TPSA) is 15.3 Å². The number of halogens is 1. The van der Waals surface area contributed by atoms with Crippen molar-refractivity contribution >= 4 is 5.69 Å². The zero-order valence-electron chi connectivity index (χ0n) is 11.3. The maximum atomic E-state index is 14.4. The van der Waals surface area contributed by atoms with Crippen LogP contribution >= 0.6 is 0 Å². The molecule has 102 valence electrons. The molecular formula is C16H21FN2. The molecular weight excluding hydrogens is 239 g/mol. The van der Waals surface area contributed by atoms with Crippen LogP contribution < -0.4 is 10.2 Å². The first kappa shape index (κ1) is 11.7. The van der Waals surface area contributed by atoms with E-state index in [-0.39, 0.29) is 11.2 Å². The molecule has 1 saturated carbocycles. The van der Waals surface area contributed by atoms with Crippen LogP contribution in [0.4, 0.5) is 10.1 Å². The number of anilines is 1. The predicted octanol–water partition coefficient (Wildman–Crippen LogP) is 2.68. The van der Waals surface area contributed by atoms with Crippen LogP contribution in [0.25, 0.3) is 0 Å². The molecule has 0 amide bonds. The van der Waals surface area contributed by atoms with Gasteiger partial charge in [0.05, 0.1) is 5.69 Å². The molecule has 3 aliphatic rings. The molecule has 4 rings (SSSR count). The summed E-state index contributed by atoms with van der Waals surface area (Å²) < 4.78 is 14.4. The summed E-state index contributed by atoms with van der Waals surface area (Å²) in [4.78, 5) is 2.21. The van der Waals surface area contributed by atoms with E-state index in [0.717, 1.165) is 37.8 Å². The molecule has 0 bridgehead atoms. The second-order valence-electron chi connectivity index (χ2n) is 6.40. The number of benzene rings is 1. The third-order valence-electron chi connectivity index (χ3n) is 5.28. The first-order chi connectivity index (χ1) is 9.29. The minimum absolute atomic E-state index is 0.0219. The molecule has 2 heterocycles. The number of nitrogens with one attached hydrogen (secondary N) is 1. The Labute approximate surface area is 114 Å². The van der Waals surface area contributed by atoms with Gasteiger partial charge in [0, 0.05) is 25.0 Å². The molecule has 0 aromatic heterocycles. The summed E-state index contributed by atoms with van der Waals surface area (Å²) in [6.45, 7) is 4.15. The third kappa shape index (κ3) is 1.78. The smallest absolute Gasteiger partial charge is 0.146 e. The van der Waals surface area contributed by atoms with Gasteiger partial charge in [0.2, 0.25) is 0 Å². The van der Waals surface area contributed by atoms with E-state index in [9.17, 15) is 4.39 Å². The van der Waals surface area contributed by atoms with Gasteiger partial charge in [-0.25, -0.2) is 4.39 Å². The first-order valence-corrected chi connectivity index (χ1v) is 7.55. The summed E-state index contributed by atoms with van der Waals surface area (Å²) in [6, 6.07) is 5.98. The Morgan fingerprint density at radius 2 is 2.05 bits per heavy atom. The lowest BCUT2D eigenvalue weighted by Gasteiger charge is -2.29. The van der Waals surface area contributed by atoms with Crippen molar-refractivity contribution in [3.05, 3.63) is 29.6 Å². The maximum absolute atomic E-state index is 14.4. The van der Waals surface area contributed by atoms with Crippen LogP contribution in [0.3, 0.4) is 0 Å². The van der Waals surface area contributed by atoms with Crippen LogP contribution in [0.2, 0.25) is 0 Å². The van der Waals surface area contributed by atoms with Crippen LogP contribution in [0.5, 0.6) is 0 Å². The average Bonchev–Trinajstić information content (AvgIpc) is 3.02. The maximum Gasteiger partial charge on any atom is 0.146 e. The van der Waals surface area contributed by atoms with E-state index in [4.69, 9.17) is 0 Å². The predicted molar refractivity (Wildman–Crippen MR) is 75.1 cm³/mol. The SMILES string of the molecule is Fc1cc(C23CNCC2C3)ccc1N1CCCCC1. The molecule has 2 atom stereocenters. The zero-order chi connectivity index (χ0) is 12.9. The molecule has 0 spiro atoms. The van der Waals surface area contributed by atoms with Crippen LogP contribution in [-0.2, 0) is 5.41 Å². The highest BCUT2D eigenvalue weighted by molar-refractivity contribution is 5.52. The number of hydrogen-bond acceptors (Lipinski definition) is 2. The molecule has 2 unspecified atom stereocenters. The number of nitrogens with zero attached hydrogens (tertiary/aromatic N) is 1. The van der Waals surface area contributed by atoms with Crippen molar-refractivity contribution in [3.8, 4) is 0 Å². The van der Waals surface area contributed by atoms with Crippen LogP contribution in [0.1, 0.15) is 31.2 Å². The van der Waals surface area contributed by atoms with E-state index in [1.54, 1.807) is 6.07 Å². The van der Waals surface area contributed by atoms with Crippen molar-refractivity contribution < 1.29 is 4.39 Å². The average molecular weight is 260 g/mol. The highest BCUT2D eigenvalue weighted by atomic mass is 19.1. The van der Waals surface area contributed by atoms with Gasteiger partial charge in [-0.15, -0.1) is 0 Å². The summed E-state index contributed by atoms with van der Waals surface area (Å²) in [5, 5.41) is 3.43. The highest BCUT2D eigenvalue weighted by Crippen LogP contribution is 2.56. The largest absolute Gasteiger partial charge is 0.369 e. The minimum Gasteiger partial charge on any atom is -0.369 e. The van der Waals surface area contributed by atoms with Gasteiger partial charge in [-0.05, 0) is 55.8 Å². The molecule has 3 heteroatoms. The normalized spacial score (nSPS) is 33.3. The van der Waals surface area contributed by atoms with E-state index >= 15 is 0 Å². The summed E-state index contributed by atoms with van der Waals surface area (Å²) in [6.07, 6.45) is 4.91.